The fourth-order valence-electron chi connectivity index (χ4n) is 2.86. The molecule has 0 aliphatic rings. The van der Waals surface area contributed by atoms with Crippen molar-refractivity contribution in [2.24, 2.45) is 0 Å². The first-order chi connectivity index (χ1) is 14.7. The van der Waals surface area contributed by atoms with E-state index in [9.17, 15) is 4.79 Å². The van der Waals surface area contributed by atoms with E-state index < -0.39 is 0 Å². The van der Waals surface area contributed by atoms with Gasteiger partial charge in [0.25, 0.3) is 0 Å². The largest absolute Gasteiger partial charge is 0.486 e. The van der Waals surface area contributed by atoms with Crippen molar-refractivity contribution in [1.82, 2.24) is 28.9 Å². The number of aromatic nitrogens is 6. The Labute approximate surface area is 181 Å². The first kappa shape index (κ1) is 20.2. The normalized spacial score (nSPS) is 11.1. The molecule has 0 fully saturated rings. The minimum Gasteiger partial charge on any atom is -0.486 e. The topological polar surface area (TPSA) is 79.2 Å². The Morgan fingerprint density at radius 1 is 1.17 bits per heavy atom. The number of thioether (sulfide) groups is 1. The van der Waals surface area contributed by atoms with Crippen LogP contribution in [0.1, 0.15) is 5.82 Å². The summed E-state index contributed by atoms with van der Waals surface area (Å²) in [6.07, 6.45) is 3.49. The maximum Gasteiger partial charge on any atom is 0.350 e. The van der Waals surface area contributed by atoms with E-state index in [2.05, 4.69) is 21.9 Å². The molecule has 0 aliphatic heterocycles. The molecule has 0 aliphatic carbocycles. The van der Waals surface area contributed by atoms with Crippen molar-refractivity contribution in [3.8, 4) is 5.75 Å². The lowest BCUT2D eigenvalue weighted by atomic mass is 10.3. The maximum absolute atomic E-state index is 12.4. The van der Waals surface area contributed by atoms with Crippen molar-refractivity contribution in [1.29, 1.82) is 0 Å². The van der Waals surface area contributed by atoms with Gasteiger partial charge in [0.2, 0.25) is 0 Å². The number of aryl methyl sites for hydroxylation is 1. The van der Waals surface area contributed by atoms with E-state index in [-0.39, 0.29) is 12.3 Å². The van der Waals surface area contributed by atoms with Gasteiger partial charge in [-0.15, -0.1) is 21.9 Å². The zero-order valence-corrected chi connectivity index (χ0v) is 17.6. The molecule has 154 valence electrons. The minimum absolute atomic E-state index is 0.157. The Morgan fingerprint density at radius 3 is 2.77 bits per heavy atom. The van der Waals surface area contributed by atoms with Gasteiger partial charge in [-0.3, -0.25) is 8.97 Å². The molecule has 30 heavy (non-hydrogen) atoms. The van der Waals surface area contributed by atoms with Crippen LogP contribution in [-0.2, 0) is 19.7 Å². The SMILES string of the molecule is C=CCn1c(COc2ccc(Cl)cc2)nnc1SCCn1nc2ccccn2c1=O. The highest BCUT2D eigenvalue weighted by Crippen LogP contribution is 2.20. The lowest BCUT2D eigenvalue weighted by Gasteiger charge is -2.09. The van der Waals surface area contributed by atoms with Gasteiger partial charge in [-0.25, -0.2) is 9.48 Å². The van der Waals surface area contributed by atoms with Crippen LogP contribution >= 0.6 is 23.4 Å². The van der Waals surface area contributed by atoms with Crippen LogP contribution < -0.4 is 10.4 Å². The third-order valence-electron chi connectivity index (χ3n) is 4.31. The highest BCUT2D eigenvalue weighted by molar-refractivity contribution is 7.99. The average Bonchev–Trinajstić information content (AvgIpc) is 3.29. The number of pyridine rings is 1. The molecule has 0 saturated carbocycles. The second-order valence-electron chi connectivity index (χ2n) is 6.32. The smallest absolute Gasteiger partial charge is 0.350 e. The summed E-state index contributed by atoms with van der Waals surface area (Å²) in [4.78, 5) is 12.4. The fraction of sp³-hybridized carbons (Fsp3) is 0.200. The van der Waals surface area contributed by atoms with Crippen molar-refractivity contribution in [3.63, 3.8) is 0 Å². The number of rotatable bonds is 9. The molecule has 8 nitrogen and oxygen atoms in total. The summed E-state index contributed by atoms with van der Waals surface area (Å²) in [6, 6.07) is 12.6. The van der Waals surface area contributed by atoms with Crippen molar-refractivity contribution >= 4 is 29.0 Å². The van der Waals surface area contributed by atoms with E-state index in [1.165, 1.54) is 20.8 Å². The number of nitrogens with zero attached hydrogens (tertiary/aromatic N) is 6. The van der Waals surface area contributed by atoms with Crippen molar-refractivity contribution in [2.75, 3.05) is 5.75 Å². The van der Waals surface area contributed by atoms with Gasteiger partial charge < -0.3 is 4.74 Å². The molecule has 3 aromatic heterocycles. The monoisotopic (exact) mass is 442 g/mol. The molecule has 0 radical (unpaired) electrons. The number of halogens is 1. The molecule has 0 N–H and O–H groups in total. The summed E-state index contributed by atoms with van der Waals surface area (Å²) in [6.45, 7) is 5.10. The molecule has 1 aromatic carbocycles. The second-order valence-corrected chi connectivity index (χ2v) is 7.82. The standard InChI is InChI=1S/C20H19ClN6O2S/c1-2-10-25-18(14-29-16-8-6-15(21)7-9-16)22-23-19(25)30-13-12-27-20(28)26-11-4-3-5-17(26)24-27/h2-9,11H,1,10,12-14H2. The average molecular weight is 443 g/mol. The number of ether oxygens (including phenoxy) is 1. The molecule has 10 heteroatoms. The van der Waals surface area contributed by atoms with Crippen LogP contribution in [0.4, 0.5) is 0 Å². The molecule has 0 saturated heterocycles. The van der Waals surface area contributed by atoms with Gasteiger partial charge in [0, 0.05) is 23.5 Å². The first-order valence-electron chi connectivity index (χ1n) is 9.24. The molecule has 0 unspecified atom stereocenters. The van der Waals surface area contributed by atoms with Crippen LogP contribution in [0.15, 0.2) is 71.3 Å². The highest BCUT2D eigenvalue weighted by Gasteiger charge is 2.13. The second kappa shape index (κ2) is 9.19. The molecular weight excluding hydrogens is 424 g/mol. The number of benzene rings is 1. The number of fused-ring (bicyclic) bond motifs is 1. The fourth-order valence-corrected chi connectivity index (χ4v) is 3.87. The number of hydrogen-bond acceptors (Lipinski definition) is 6. The summed E-state index contributed by atoms with van der Waals surface area (Å²) < 4.78 is 10.7. The Balaban J connectivity index is 1.42. The van der Waals surface area contributed by atoms with Crippen LogP contribution in [0.2, 0.25) is 5.02 Å². The van der Waals surface area contributed by atoms with Gasteiger partial charge in [-0.1, -0.05) is 35.5 Å². The lowest BCUT2D eigenvalue weighted by Crippen LogP contribution is -2.22. The van der Waals surface area contributed by atoms with Gasteiger partial charge in [-0.2, -0.15) is 0 Å². The molecular formula is C20H19ClN6O2S. The molecule has 4 rings (SSSR count). The third kappa shape index (κ3) is 4.42. The zero-order chi connectivity index (χ0) is 20.9. The van der Waals surface area contributed by atoms with Crippen molar-refractivity contribution in [3.05, 3.63) is 82.6 Å². The summed E-state index contributed by atoms with van der Waals surface area (Å²) in [7, 11) is 0. The van der Waals surface area contributed by atoms with Gasteiger partial charge >= 0.3 is 5.69 Å². The van der Waals surface area contributed by atoms with Crippen LogP contribution in [0.25, 0.3) is 5.65 Å². The summed E-state index contributed by atoms with van der Waals surface area (Å²) in [5.41, 5.74) is 0.472. The number of hydrogen-bond donors (Lipinski definition) is 0. The highest BCUT2D eigenvalue weighted by atomic mass is 35.5. The lowest BCUT2D eigenvalue weighted by molar-refractivity contribution is 0.289. The zero-order valence-electron chi connectivity index (χ0n) is 16.0. The van der Waals surface area contributed by atoms with E-state index in [4.69, 9.17) is 16.3 Å². The Hall–Kier alpha value is -3.04. The molecule has 0 bridgehead atoms. The number of allylic oxidation sites excluding steroid dienone is 1. The van der Waals surface area contributed by atoms with E-state index in [0.717, 1.165) is 5.16 Å². The minimum atomic E-state index is -0.157. The van der Waals surface area contributed by atoms with E-state index in [1.807, 2.05) is 10.6 Å². The molecule has 0 spiro atoms. The Morgan fingerprint density at radius 2 is 2.00 bits per heavy atom. The van der Waals surface area contributed by atoms with Crippen LogP contribution in [0.5, 0.6) is 5.75 Å². The molecule has 0 atom stereocenters. The Bertz CT molecular complexity index is 1210. The summed E-state index contributed by atoms with van der Waals surface area (Å²) in [5.74, 6) is 2.02. The molecule has 3 heterocycles. The van der Waals surface area contributed by atoms with Crippen LogP contribution in [0, 0.1) is 0 Å². The van der Waals surface area contributed by atoms with E-state index in [1.54, 1.807) is 48.7 Å². The summed E-state index contributed by atoms with van der Waals surface area (Å²) >= 11 is 7.41. The first-order valence-corrected chi connectivity index (χ1v) is 10.6. The van der Waals surface area contributed by atoms with E-state index in [0.29, 0.717) is 41.1 Å². The van der Waals surface area contributed by atoms with Crippen LogP contribution in [0.3, 0.4) is 0 Å². The van der Waals surface area contributed by atoms with Gasteiger partial charge in [0.15, 0.2) is 16.6 Å². The van der Waals surface area contributed by atoms with Crippen LogP contribution in [-0.4, -0.2) is 34.7 Å². The Kier molecular flexibility index (Phi) is 6.20. The molecule has 4 aromatic rings. The summed E-state index contributed by atoms with van der Waals surface area (Å²) in [5, 5.41) is 14.3. The maximum atomic E-state index is 12.4. The van der Waals surface area contributed by atoms with Gasteiger partial charge in [0.1, 0.15) is 12.4 Å². The van der Waals surface area contributed by atoms with Gasteiger partial charge in [0.05, 0.1) is 6.54 Å². The van der Waals surface area contributed by atoms with E-state index >= 15 is 0 Å². The third-order valence-corrected chi connectivity index (χ3v) is 5.51. The predicted molar refractivity (Wildman–Crippen MR) is 116 cm³/mol. The van der Waals surface area contributed by atoms with Crippen molar-refractivity contribution < 1.29 is 4.74 Å². The van der Waals surface area contributed by atoms with Crippen molar-refractivity contribution in [2.45, 2.75) is 24.9 Å². The van der Waals surface area contributed by atoms with Gasteiger partial charge in [-0.05, 0) is 36.4 Å². The quantitative estimate of drug-likeness (QED) is 0.292. The molecule has 0 amide bonds. The predicted octanol–water partition coefficient (Wildman–Crippen LogP) is 3.30.